The summed E-state index contributed by atoms with van der Waals surface area (Å²) in [5.74, 6) is -2.27. The van der Waals surface area contributed by atoms with E-state index in [1.54, 1.807) is 18.2 Å². The molecule has 0 radical (unpaired) electrons. The van der Waals surface area contributed by atoms with Gasteiger partial charge in [0.1, 0.15) is 0 Å². The van der Waals surface area contributed by atoms with Crippen molar-refractivity contribution in [1.29, 1.82) is 0 Å². The molecule has 0 aliphatic rings. The molecule has 0 aliphatic heterocycles. The summed E-state index contributed by atoms with van der Waals surface area (Å²) in [5, 5.41) is 21.0. The molecule has 0 aliphatic carbocycles. The molecular weight excluding hydrogens is 386 g/mol. The van der Waals surface area contributed by atoms with Crippen LogP contribution in [0.3, 0.4) is 0 Å². The minimum atomic E-state index is -1.23. The normalized spacial score (nSPS) is 12.2. The van der Waals surface area contributed by atoms with E-state index in [0.717, 1.165) is 16.0 Å². The zero-order valence-electron chi connectivity index (χ0n) is 15.3. The van der Waals surface area contributed by atoms with Gasteiger partial charge in [-0.3, -0.25) is 9.20 Å². The fourth-order valence-corrected chi connectivity index (χ4v) is 3.76. The smallest absolute Gasteiger partial charge is 0.356 e. The van der Waals surface area contributed by atoms with Crippen LogP contribution in [0.5, 0.6) is 0 Å². The maximum Gasteiger partial charge on any atom is 0.356 e. The van der Waals surface area contributed by atoms with E-state index in [0.29, 0.717) is 16.6 Å². The molecule has 2 heterocycles. The van der Waals surface area contributed by atoms with E-state index in [1.165, 1.54) is 16.7 Å². The average Bonchev–Trinajstić information content (AvgIpc) is 3.30. The number of benzene rings is 2. The van der Waals surface area contributed by atoms with Gasteiger partial charge < -0.3 is 15.2 Å². The molecule has 0 fully saturated rings. The van der Waals surface area contributed by atoms with Gasteiger partial charge in [0.15, 0.2) is 5.69 Å². The molecule has 0 amide bonds. The van der Waals surface area contributed by atoms with Crippen molar-refractivity contribution in [3.8, 4) is 0 Å². The summed E-state index contributed by atoms with van der Waals surface area (Å²) in [7, 11) is 0. The number of imidazole rings is 1. The SMILES string of the molecule is O=C(O)c1cccc(/C=c2\c3ccccc3c3[nH]c(=O)c4nc(C(=O)O)cn4c23)c1. The largest absolute Gasteiger partial charge is 0.478 e. The monoisotopic (exact) mass is 399 g/mol. The number of carboxylic acid groups (broad SMARTS) is 2. The van der Waals surface area contributed by atoms with Crippen LogP contribution in [0.15, 0.2) is 59.5 Å². The molecule has 3 N–H and O–H groups in total. The zero-order chi connectivity index (χ0) is 21.0. The third-order valence-electron chi connectivity index (χ3n) is 5.03. The molecule has 8 heteroatoms. The highest BCUT2D eigenvalue weighted by Gasteiger charge is 2.17. The number of carboxylic acids is 2. The van der Waals surface area contributed by atoms with Crippen molar-refractivity contribution in [2.75, 3.05) is 0 Å². The number of H-pyrrole nitrogens is 1. The van der Waals surface area contributed by atoms with Crippen LogP contribution in [0.4, 0.5) is 0 Å². The molecule has 0 saturated heterocycles. The summed E-state index contributed by atoms with van der Waals surface area (Å²) in [6, 6.07) is 13.9. The van der Waals surface area contributed by atoms with Crippen molar-refractivity contribution in [2.24, 2.45) is 0 Å². The van der Waals surface area contributed by atoms with E-state index >= 15 is 0 Å². The Kier molecular flexibility index (Phi) is 3.69. The van der Waals surface area contributed by atoms with Crippen molar-refractivity contribution in [3.05, 3.63) is 87.1 Å². The summed E-state index contributed by atoms with van der Waals surface area (Å²) in [6.07, 6.45) is 3.13. The van der Waals surface area contributed by atoms with Crippen LogP contribution in [0.25, 0.3) is 33.5 Å². The first kappa shape index (κ1) is 17.6. The molecule has 0 bridgehead atoms. The summed E-state index contributed by atoms with van der Waals surface area (Å²) in [4.78, 5) is 42.1. The Morgan fingerprint density at radius 2 is 1.77 bits per heavy atom. The fraction of sp³-hybridized carbons (Fsp3) is 0. The van der Waals surface area contributed by atoms with Gasteiger partial charge in [-0.1, -0.05) is 36.4 Å². The second kappa shape index (κ2) is 6.28. The zero-order valence-corrected chi connectivity index (χ0v) is 15.3. The van der Waals surface area contributed by atoms with Crippen molar-refractivity contribution in [1.82, 2.24) is 14.4 Å². The quantitative estimate of drug-likeness (QED) is 0.427. The Morgan fingerprint density at radius 3 is 2.50 bits per heavy atom. The van der Waals surface area contributed by atoms with E-state index in [2.05, 4.69) is 9.97 Å². The van der Waals surface area contributed by atoms with Gasteiger partial charge in [0.05, 0.1) is 16.6 Å². The maximum atomic E-state index is 12.6. The van der Waals surface area contributed by atoms with Crippen LogP contribution < -0.4 is 10.8 Å². The van der Waals surface area contributed by atoms with Gasteiger partial charge in [0, 0.05) is 16.8 Å². The number of nitrogens with zero attached hydrogens (tertiary/aromatic N) is 2. The molecule has 30 heavy (non-hydrogen) atoms. The highest BCUT2D eigenvalue weighted by atomic mass is 16.4. The first-order valence-electron chi connectivity index (χ1n) is 8.98. The number of nitrogens with one attached hydrogen (secondary N) is 1. The van der Waals surface area contributed by atoms with E-state index in [-0.39, 0.29) is 16.9 Å². The number of carbonyl (C=O) groups is 2. The number of aromatic amines is 1. The van der Waals surface area contributed by atoms with Crippen LogP contribution in [-0.2, 0) is 0 Å². The number of fused-ring (bicyclic) bond motifs is 5. The van der Waals surface area contributed by atoms with E-state index in [1.807, 2.05) is 30.3 Å². The summed E-state index contributed by atoms with van der Waals surface area (Å²) >= 11 is 0. The third kappa shape index (κ3) is 2.55. The predicted octanol–water partition coefficient (Wildman–Crippen LogP) is 2.27. The molecule has 0 atom stereocenters. The van der Waals surface area contributed by atoms with E-state index in [9.17, 15) is 24.6 Å². The number of hydrogen-bond donors (Lipinski definition) is 3. The van der Waals surface area contributed by atoms with Gasteiger partial charge in [-0.15, -0.1) is 0 Å². The van der Waals surface area contributed by atoms with Gasteiger partial charge in [-0.25, -0.2) is 14.6 Å². The molecule has 5 aromatic rings. The van der Waals surface area contributed by atoms with Crippen molar-refractivity contribution in [2.45, 2.75) is 0 Å². The average molecular weight is 399 g/mol. The molecule has 2 aromatic heterocycles. The lowest BCUT2D eigenvalue weighted by atomic mass is 10.1. The van der Waals surface area contributed by atoms with Gasteiger partial charge in [-0.05, 0) is 29.2 Å². The Labute approximate surface area is 167 Å². The Bertz CT molecular complexity index is 1630. The van der Waals surface area contributed by atoms with Crippen LogP contribution in [0.2, 0.25) is 0 Å². The first-order chi connectivity index (χ1) is 14.4. The number of aromatic carboxylic acids is 2. The topological polar surface area (TPSA) is 125 Å². The Morgan fingerprint density at radius 1 is 1.00 bits per heavy atom. The molecule has 3 aromatic carbocycles. The van der Waals surface area contributed by atoms with Crippen molar-refractivity contribution in [3.63, 3.8) is 0 Å². The van der Waals surface area contributed by atoms with Crippen LogP contribution in [-0.4, -0.2) is 36.5 Å². The predicted molar refractivity (Wildman–Crippen MR) is 110 cm³/mol. The van der Waals surface area contributed by atoms with Gasteiger partial charge >= 0.3 is 11.9 Å². The van der Waals surface area contributed by atoms with Crippen LogP contribution in [0.1, 0.15) is 26.4 Å². The highest BCUT2D eigenvalue weighted by Crippen LogP contribution is 2.23. The van der Waals surface area contributed by atoms with Gasteiger partial charge in [0.25, 0.3) is 5.56 Å². The van der Waals surface area contributed by atoms with Gasteiger partial charge in [0.2, 0.25) is 5.65 Å². The van der Waals surface area contributed by atoms with Crippen molar-refractivity contribution < 1.29 is 19.8 Å². The number of rotatable bonds is 3. The standard InChI is InChI=1S/C22H13N3O5/c26-20-19-23-16(22(29)30)10-25(19)18-15(9-11-4-3-5-12(8-11)21(27)28)13-6-1-2-7-14(13)17(18)24-20/h1-10H,(H,24,26)(H,27,28)(H,29,30)/b15-9+. The number of hydrogen-bond acceptors (Lipinski definition) is 4. The Balaban J connectivity index is 1.99. The molecular formula is C22H13N3O5. The molecule has 146 valence electrons. The lowest BCUT2D eigenvalue weighted by Gasteiger charge is -1.99. The molecule has 5 rings (SSSR count). The minimum absolute atomic E-state index is 0.0239. The minimum Gasteiger partial charge on any atom is -0.478 e. The second-order valence-corrected chi connectivity index (χ2v) is 6.84. The lowest BCUT2D eigenvalue weighted by molar-refractivity contribution is 0.0683. The fourth-order valence-electron chi connectivity index (χ4n) is 3.76. The van der Waals surface area contributed by atoms with Crippen LogP contribution in [0, 0.1) is 0 Å². The van der Waals surface area contributed by atoms with Crippen molar-refractivity contribution >= 4 is 45.5 Å². The third-order valence-corrected chi connectivity index (χ3v) is 5.03. The summed E-state index contributed by atoms with van der Waals surface area (Å²) < 4.78 is 1.48. The molecule has 0 unspecified atom stereocenters. The lowest BCUT2D eigenvalue weighted by Crippen LogP contribution is -2.13. The summed E-state index contributed by atoms with van der Waals surface area (Å²) in [5.41, 5.74) is 1.19. The summed E-state index contributed by atoms with van der Waals surface area (Å²) in [6.45, 7) is 0. The maximum absolute atomic E-state index is 12.6. The first-order valence-corrected chi connectivity index (χ1v) is 8.98. The highest BCUT2D eigenvalue weighted by molar-refractivity contribution is 6.10. The molecule has 0 saturated carbocycles. The van der Waals surface area contributed by atoms with Gasteiger partial charge in [-0.2, -0.15) is 0 Å². The second-order valence-electron chi connectivity index (χ2n) is 6.84. The molecule has 8 nitrogen and oxygen atoms in total. The van der Waals surface area contributed by atoms with E-state index < -0.39 is 17.5 Å². The molecule has 0 spiro atoms. The number of aromatic nitrogens is 3. The Hall–Kier alpha value is -4.46. The van der Waals surface area contributed by atoms with Crippen LogP contribution >= 0.6 is 0 Å². The van der Waals surface area contributed by atoms with E-state index in [4.69, 9.17) is 0 Å².